The molecule has 268 valence electrons. The molecule has 3 rings (SSSR count). The van der Waals surface area contributed by atoms with Crippen LogP contribution >= 0.6 is 0 Å². The van der Waals surface area contributed by atoms with Gasteiger partial charge in [-0.3, -0.25) is 5.10 Å². The molecule has 0 aliphatic carbocycles. The Balaban J connectivity index is 1.55. The number of H-pyrrole nitrogens is 1. The Morgan fingerprint density at radius 3 is 1.44 bits per heavy atom. The molecule has 0 amide bonds. The lowest BCUT2D eigenvalue weighted by Gasteiger charge is -2.14. The monoisotopic (exact) mass is 664 g/mol. The zero-order valence-corrected chi connectivity index (χ0v) is 30.8. The maximum absolute atomic E-state index is 13.2. The lowest BCUT2D eigenvalue weighted by molar-refractivity contribution is 0.0496. The van der Waals surface area contributed by atoms with E-state index in [9.17, 15) is 9.59 Å². The van der Waals surface area contributed by atoms with Gasteiger partial charge in [0.1, 0.15) is 0 Å². The molecule has 0 aliphatic heterocycles. The minimum atomic E-state index is -0.448. The van der Waals surface area contributed by atoms with Gasteiger partial charge in [-0.05, 0) is 31.0 Å². The predicted molar refractivity (Wildman–Crippen MR) is 196 cm³/mol. The van der Waals surface area contributed by atoms with Gasteiger partial charge in [0.05, 0.1) is 24.3 Å². The third-order valence-corrected chi connectivity index (χ3v) is 9.06. The number of nitrogens with one attached hydrogen (secondary N) is 1. The van der Waals surface area contributed by atoms with Gasteiger partial charge in [0.25, 0.3) is 0 Å². The molecule has 48 heavy (non-hydrogen) atoms. The smallest absolute Gasteiger partial charge is 0.338 e. The second-order valence-electron chi connectivity index (χ2n) is 14.6. The van der Waals surface area contributed by atoms with E-state index in [0.29, 0.717) is 41.4 Å². The number of rotatable bonds is 25. The predicted octanol–water partition coefficient (Wildman–Crippen LogP) is 11.2. The highest BCUT2D eigenvalue weighted by Crippen LogP contribution is 2.25. The number of hydrogen-bond acceptors (Lipinski definition) is 6. The van der Waals surface area contributed by atoms with Crippen LogP contribution in [-0.2, 0) is 14.9 Å². The molecule has 0 bridgehead atoms. The molecular weight excluding hydrogens is 600 g/mol. The van der Waals surface area contributed by atoms with E-state index in [1.54, 1.807) is 22.8 Å². The second kappa shape index (κ2) is 21.7. The van der Waals surface area contributed by atoms with Gasteiger partial charge in [-0.1, -0.05) is 150 Å². The number of unbranched alkanes of at least 4 members (excludes halogenated alkanes) is 18. The summed E-state index contributed by atoms with van der Waals surface area (Å²) in [4.78, 5) is 31.0. The summed E-state index contributed by atoms with van der Waals surface area (Å²) in [5.74, 6) is -0.470. The van der Waals surface area contributed by atoms with Crippen LogP contribution in [0.2, 0.25) is 0 Å². The van der Waals surface area contributed by atoms with Crippen LogP contribution in [0.5, 0.6) is 0 Å². The first kappa shape index (κ1) is 39.3. The first-order valence-electron chi connectivity index (χ1n) is 19.2. The van der Waals surface area contributed by atoms with Crippen molar-refractivity contribution in [2.45, 2.75) is 168 Å². The van der Waals surface area contributed by atoms with Gasteiger partial charge in [0, 0.05) is 22.7 Å². The molecule has 0 fully saturated rings. The number of fused-ring (bicyclic) bond motifs is 1. The van der Waals surface area contributed by atoms with E-state index < -0.39 is 11.9 Å². The number of aromatic amines is 1. The van der Waals surface area contributed by atoms with Gasteiger partial charge in [-0.15, -0.1) is 5.10 Å². The molecule has 0 saturated heterocycles. The Hall–Kier alpha value is -3.16. The van der Waals surface area contributed by atoms with Crippen molar-refractivity contribution in [3.8, 4) is 11.4 Å². The summed E-state index contributed by atoms with van der Waals surface area (Å²) >= 11 is 0. The van der Waals surface area contributed by atoms with Crippen LogP contribution in [0.4, 0.5) is 0 Å². The molecule has 2 heterocycles. The number of ether oxygens (including phenoxy) is 2. The molecule has 0 aliphatic rings. The quantitative estimate of drug-likeness (QED) is 0.0715. The van der Waals surface area contributed by atoms with E-state index in [4.69, 9.17) is 14.5 Å². The summed E-state index contributed by atoms with van der Waals surface area (Å²) in [6, 6.07) is 6.96. The fourth-order valence-corrected chi connectivity index (χ4v) is 5.95. The molecule has 8 heteroatoms. The molecule has 2 aromatic heterocycles. The Labute approximate surface area is 290 Å². The number of aromatic nitrogens is 4. The second-order valence-corrected chi connectivity index (χ2v) is 14.6. The van der Waals surface area contributed by atoms with E-state index >= 15 is 0 Å². The third-order valence-electron chi connectivity index (χ3n) is 9.06. The van der Waals surface area contributed by atoms with Crippen molar-refractivity contribution in [1.82, 2.24) is 19.8 Å². The van der Waals surface area contributed by atoms with Crippen LogP contribution in [0.1, 0.15) is 189 Å². The lowest BCUT2D eigenvalue weighted by atomic mass is 9.93. The van der Waals surface area contributed by atoms with Crippen LogP contribution in [-0.4, -0.2) is 45.0 Å². The van der Waals surface area contributed by atoms with Crippen LogP contribution in [0, 0.1) is 0 Å². The first-order valence-corrected chi connectivity index (χ1v) is 19.2. The fraction of sp³-hybridized carbons (Fsp3) is 0.700. The van der Waals surface area contributed by atoms with Crippen molar-refractivity contribution in [3.05, 3.63) is 41.1 Å². The molecule has 8 nitrogen and oxygen atoms in total. The Morgan fingerprint density at radius 2 is 1.04 bits per heavy atom. The summed E-state index contributed by atoms with van der Waals surface area (Å²) in [6.07, 6.45) is 24.3. The molecule has 0 radical (unpaired) electrons. The molecule has 0 saturated carbocycles. The van der Waals surface area contributed by atoms with Crippen molar-refractivity contribution in [2.24, 2.45) is 0 Å². The molecular formula is C40H64N4O4. The summed E-state index contributed by atoms with van der Waals surface area (Å²) in [7, 11) is 0. The van der Waals surface area contributed by atoms with E-state index in [-0.39, 0.29) is 5.41 Å². The number of benzene rings is 1. The lowest BCUT2D eigenvalue weighted by Crippen LogP contribution is -2.12. The average Bonchev–Trinajstić information content (AvgIpc) is 3.66. The minimum absolute atomic E-state index is 0.0777. The SMILES string of the molecule is CCCCCCCCCCCCOC(=O)c1cc(C(=O)OCCCCCCCCCCCC)cc(-c2nc3cc(C(C)(C)C)[nH]n3n2)c1. The highest BCUT2D eigenvalue weighted by Gasteiger charge is 2.21. The number of carbonyl (C=O) groups excluding carboxylic acids is 2. The minimum Gasteiger partial charge on any atom is -0.462 e. The normalized spacial score (nSPS) is 11.8. The fourth-order valence-electron chi connectivity index (χ4n) is 5.95. The van der Waals surface area contributed by atoms with Gasteiger partial charge >= 0.3 is 11.9 Å². The zero-order valence-electron chi connectivity index (χ0n) is 30.8. The summed E-state index contributed by atoms with van der Waals surface area (Å²) in [5, 5.41) is 7.91. The number of esters is 2. The molecule has 3 aromatic rings. The highest BCUT2D eigenvalue weighted by atomic mass is 16.5. The van der Waals surface area contributed by atoms with Gasteiger partial charge in [-0.25, -0.2) is 14.6 Å². The molecule has 0 atom stereocenters. The summed E-state index contributed by atoms with van der Waals surface area (Å²) < 4.78 is 12.9. The molecule has 1 N–H and O–H groups in total. The highest BCUT2D eigenvalue weighted by molar-refractivity contribution is 5.97. The maximum atomic E-state index is 13.2. The van der Waals surface area contributed by atoms with E-state index in [1.807, 2.05) is 6.07 Å². The van der Waals surface area contributed by atoms with Gasteiger partial charge in [0.15, 0.2) is 11.5 Å². The van der Waals surface area contributed by atoms with Crippen LogP contribution in [0.15, 0.2) is 24.3 Å². The molecule has 0 unspecified atom stereocenters. The first-order chi connectivity index (χ1) is 23.2. The summed E-state index contributed by atoms with van der Waals surface area (Å²) in [5.41, 5.74) is 2.80. The Morgan fingerprint density at radius 1 is 0.625 bits per heavy atom. The third kappa shape index (κ3) is 14.1. The topological polar surface area (TPSA) is 98.6 Å². The van der Waals surface area contributed by atoms with Crippen LogP contribution in [0.25, 0.3) is 17.0 Å². The van der Waals surface area contributed by atoms with Crippen LogP contribution < -0.4 is 0 Å². The van der Waals surface area contributed by atoms with Crippen LogP contribution in [0.3, 0.4) is 0 Å². The Kier molecular flexibility index (Phi) is 17.8. The number of carbonyl (C=O) groups is 2. The van der Waals surface area contributed by atoms with Crippen molar-refractivity contribution >= 4 is 17.6 Å². The van der Waals surface area contributed by atoms with E-state index in [1.165, 1.54) is 89.9 Å². The largest absolute Gasteiger partial charge is 0.462 e. The standard InChI is InChI=1S/C40H64N4O4/c1-6-8-10-12-14-16-18-20-22-24-26-47-38(45)33-28-32(37-41-36-31-35(40(3,4)5)42-44(36)43-37)29-34(30-33)39(46)48-27-25-23-21-19-17-15-13-11-9-7-2/h28-31,42H,6-27H2,1-5H3. The Bertz CT molecular complexity index is 1270. The molecule has 1 aromatic carbocycles. The number of nitrogens with zero attached hydrogens (tertiary/aromatic N) is 3. The molecule has 0 spiro atoms. The summed E-state index contributed by atoms with van der Waals surface area (Å²) in [6.45, 7) is 11.6. The number of hydrogen-bond donors (Lipinski definition) is 1. The van der Waals surface area contributed by atoms with Gasteiger partial charge < -0.3 is 9.47 Å². The van der Waals surface area contributed by atoms with E-state index in [0.717, 1.165) is 44.2 Å². The maximum Gasteiger partial charge on any atom is 0.338 e. The van der Waals surface area contributed by atoms with Crippen molar-refractivity contribution in [2.75, 3.05) is 13.2 Å². The zero-order chi connectivity index (χ0) is 34.6. The van der Waals surface area contributed by atoms with Crippen molar-refractivity contribution < 1.29 is 19.1 Å². The average molecular weight is 665 g/mol. The van der Waals surface area contributed by atoms with Crippen molar-refractivity contribution in [1.29, 1.82) is 0 Å². The van der Waals surface area contributed by atoms with Gasteiger partial charge in [-0.2, -0.15) is 4.63 Å². The van der Waals surface area contributed by atoms with E-state index in [2.05, 4.69) is 44.8 Å². The van der Waals surface area contributed by atoms with Crippen molar-refractivity contribution in [3.63, 3.8) is 0 Å². The van der Waals surface area contributed by atoms with Gasteiger partial charge in [0.2, 0.25) is 0 Å².